The number of anilines is 2. The summed E-state index contributed by atoms with van der Waals surface area (Å²) in [6.07, 6.45) is 1.75. The number of aryl methyl sites for hydroxylation is 1. The summed E-state index contributed by atoms with van der Waals surface area (Å²) >= 11 is 0. The molecule has 1 N–H and O–H groups in total. The minimum atomic E-state index is -0.250. The molecule has 104 valence electrons. The highest BCUT2D eigenvalue weighted by atomic mass is 19.1. The summed E-state index contributed by atoms with van der Waals surface area (Å²) in [5.41, 5.74) is 3.58. The predicted molar refractivity (Wildman–Crippen MR) is 81.9 cm³/mol. The lowest BCUT2D eigenvalue weighted by atomic mass is 10.1. The molecule has 0 spiro atoms. The number of nitrogens with zero attached hydrogens (tertiary/aromatic N) is 2. The first-order valence-corrected chi connectivity index (χ1v) is 6.64. The maximum atomic E-state index is 13.0. The second-order valence-electron chi connectivity index (χ2n) is 4.69. The number of rotatable bonds is 3. The lowest BCUT2D eigenvalue weighted by Gasteiger charge is -2.08. The Hall–Kier alpha value is -2.75. The van der Waals surface area contributed by atoms with E-state index in [9.17, 15) is 4.39 Å². The van der Waals surface area contributed by atoms with Crippen LogP contribution >= 0.6 is 0 Å². The molecular formula is C17H14FN3. The van der Waals surface area contributed by atoms with Gasteiger partial charge in [0.05, 0.1) is 5.69 Å². The van der Waals surface area contributed by atoms with Gasteiger partial charge in [-0.25, -0.2) is 14.4 Å². The van der Waals surface area contributed by atoms with Gasteiger partial charge in [-0.15, -0.1) is 0 Å². The average Bonchev–Trinajstić information content (AvgIpc) is 2.50. The van der Waals surface area contributed by atoms with Gasteiger partial charge in [0.15, 0.2) is 0 Å². The zero-order chi connectivity index (χ0) is 14.7. The fourth-order valence-electron chi connectivity index (χ4n) is 2.09. The molecule has 0 fully saturated rings. The number of halogens is 1. The van der Waals surface area contributed by atoms with Crippen LogP contribution in [-0.4, -0.2) is 9.97 Å². The number of aromatic nitrogens is 2. The van der Waals surface area contributed by atoms with Gasteiger partial charge in [0.25, 0.3) is 0 Å². The molecule has 4 heteroatoms. The van der Waals surface area contributed by atoms with Gasteiger partial charge in [-0.3, -0.25) is 0 Å². The summed E-state index contributed by atoms with van der Waals surface area (Å²) in [4.78, 5) is 8.77. The van der Waals surface area contributed by atoms with Gasteiger partial charge in [0.1, 0.15) is 5.82 Å². The van der Waals surface area contributed by atoms with Crippen molar-refractivity contribution in [3.8, 4) is 11.1 Å². The summed E-state index contributed by atoms with van der Waals surface area (Å²) in [5, 5.41) is 3.15. The van der Waals surface area contributed by atoms with E-state index in [-0.39, 0.29) is 5.82 Å². The minimum Gasteiger partial charge on any atom is -0.324 e. The SMILES string of the molecule is Cc1nc(Nc2ccccc2)ncc1-c1ccc(F)cc1. The van der Waals surface area contributed by atoms with E-state index >= 15 is 0 Å². The zero-order valence-electron chi connectivity index (χ0n) is 11.5. The van der Waals surface area contributed by atoms with Crippen molar-refractivity contribution in [1.82, 2.24) is 9.97 Å². The Bertz CT molecular complexity index is 740. The molecule has 0 unspecified atom stereocenters. The third-order valence-corrected chi connectivity index (χ3v) is 3.16. The molecule has 2 aromatic carbocycles. The fourth-order valence-corrected chi connectivity index (χ4v) is 2.09. The van der Waals surface area contributed by atoms with Crippen LogP contribution in [0.1, 0.15) is 5.69 Å². The summed E-state index contributed by atoms with van der Waals surface area (Å²) in [5.74, 6) is 0.296. The Labute approximate surface area is 122 Å². The van der Waals surface area contributed by atoms with Crippen LogP contribution in [0.25, 0.3) is 11.1 Å². The van der Waals surface area contributed by atoms with Gasteiger partial charge in [0, 0.05) is 17.4 Å². The van der Waals surface area contributed by atoms with Crippen molar-refractivity contribution in [3.05, 3.63) is 72.3 Å². The molecule has 0 aliphatic rings. The smallest absolute Gasteiger partial charge is 0.227 e. The van der Waals surface area contributed by atoms with Crippen LogP contribution in [0, 0.1) is 12.7 Å². The molecule has 3 aromatic rings. The van der Waals surface area contributed by atoms with Crippen molar-refractivity contribution in [2.75, 3.05) is 5.32 Å². The Morgan fingerprint density at radius 2 is 1.67 bits per heavy atom. The van der Waals surface area contributed by atoms with Crippen LogP contribution in [0.3, 0.4) is 0 Å². The van der Waals surface area contributed by atoms with Crippen LogP contribution in [0.5, 0.6) is 0 Å². The van der Waals surface area contributed by atoms with Crippen molar-refractivity contribution < 1.29 is 4.39 Å². The molecule has 0 aliphatic carbocycles. The molecule has 0 radical (unpaired) electrons. The Morgan fingerprint density at radius 3 is 2.33 bits per heavy atom. The fraction of sp³-hybridized carbons (Fsp3) is 0.0588. The number of hydrogen-bond acceptors (Lipinski definition) is 3. The number of benzene rings is 2. The highest BCUT2D eigenvalue weighted by molar-refractivity contribution is 5.66. The van der Waals surface area contributed by atoms with Crippen molar-refractivity contribution >= 4 is 11.6 Å². The third-order valence-electron chi connectivity index (χ3n) is 3.16. The van der Waals surface area contributed by atoms with Crippen molar-refractivity contribution in [2.45, 2.75) is 6.92 Å². The van der Waals surface area contributed by atoms with Crippen LogP contribution < -0.4 is 5.32 Å². The lowest BCUT2D eigenvalue weighted by Crippen LogP contribution is -1.99. The van der Waals surface area contributed by atoms with Crippen molar-refractivity contribution in [3.63, 3.8) is 0 Å². The van der Waals surface area contributed by atoms with E-state index in [0.717, 1.165) is 22.5 Å². The number of para-hydroxylation sites is 1. The first kappa shape index (κ1) is 13.2. The number of nitrogens with one attached hydrogen (secondary N) is 1. The molecule has 0 saturated heterocycles. The third kappa shape index (κ3) is 3.05. The topological polar surface area (TPSA) is 37.8 Å². The van der Waals surface area contributed by atoms with E-state index in [1.807, 2.05) is 37.3 Å². The van der Waals surface area contributed by atoms with E-state index < -0.39 is 0 Å². The van der Waals surface area contributed by atoms with Crippen molar-refractivity contribution in [2.24, 2.45) is 0 Å². The van der Waals surface area contributed by atoms with Gasteiger partial charge >= 0.3 is 0 Å². The van der Waals surface area contributed by atoms with Gasteiger partial charge in [-0.2, -0.15) is 0 Å². The Balaban J connectivity index is 1.88. The van der Waals surface area contributed by atoms with Gasteiger partial charge in [0.2, 0.25) is 5.95 Å². The van der Waals surface area contributed by atoms with Crippen LogP contribution in [-0.2, 0) is 0 Å². The zero-order valence-corrected chi connectivity index (χ0v) is 11.5. The lowest BCUT2D eigenvalue weighted by molar-refractivity contribution is 0.628. The molecule has 0 aliphatic heterocycles. The molecule has 0 bridgehead atoms. The molecule has 3 nitrogen and oxygen atoms in total. The standard InChI is InChI=1S/C17H14FN3/c1-12-16(13-7-9-14(18)10-8-13)11-19-17(20-12)21-15-5-3-2-4-6-15/h2-11H,1H3,(H,19,20,21). The monoisotopic (exact) mass is 279 g/mol. The molecule has 1 heterocycles. The quantitative estimate of drug-likeness (QED) is 0.775. The highest BCUT2D eigenvalue weighted by Gasteiger charge is 2.06. The van der Waals surface area contributed by atoms with Crippen LogP contribution in [0.15, 0.2) is 60.8 Å². The highest BCUT2D eigenvalue weighted by Crippen LogP contribution is 2.23. The largest absolute Gasteiger partial charge is 0.324 e. The summed E-state index contributed by atoms with van der Waals surface area (Å²) < 4.78 is 13.0. The second kappa shape index (κ2) is 5.71. The summed E-state index contributed by atoms with van der Waals surface area (Å²) in [7, 11) is 0. The van der Waals surface area contributed by atoms with Gasteiger partial charge in [-0.1, -0.05) is 30.3 Å². The maximum absolute atomic E-state index is 13.0. The normalized spacial score (nSPS) is 10.4. The maximum Gasteiger partial charge on any atom is 0.227 e. The summed E-state index contributed by atoms with van der Waals surface area (Å²) in [6, 6.07) is 16.1. The summed E-state index contributed by atoms with van der Waals surface area (Å²) in [6.45, 7) is 1.91. The van der Waals surface area contributed by atoms with Crippen LogP contribution in [0.2, 0.25) is 0 Å². The first-order valence-electron chi connectivity index (χ1n) is 6.64. The Morgan fingerprint density at radius 1 is 0.952 bits per heavy atom. The van der Waals surface area contributed by atoms with Gasteiger partial charge < -0.3 is 5.32 Å². The molecular weight excluding hydrogens is 265 g/mol. The van der Waals surface area contributed by atoms with Crippen LogP contribution in [0.4, 0.5) is 16.0 Å². The average molecular weight is 279 g/mol. The Kier molecular flexibility index (Phi) is 3.60. The minimum absolute atomic E-state index is 0.250. The predicted octanol–water partition coefficient (Wildman–Crippen LogP) is 4.33. The van der Waals surface area contributed by atoms with Gasteiger partial charge in [-0.05, 0) is 36.8 Å². The first-order chi connectivity index (χ1) is 10.2. The van der Waals surface area contributed by atoms with Crippen molar-refractivity contribution in [1.29, 1.82) is 0 Å². The van der Waals surface area contributed by atoms with E-state index in [4.69, 9.17) is 0 Å². The molecule has 0 saturated carbocycles. The van der Waals surface area contributed by atoms with E-state index in [2.05, 4.69) is 15.3 Å². The van der Waals surface area contributed by atoms with E-state index in [1.165, 1.54) is 12.1 Å². The molecule has 1 aromatic heterocycles. The molecule has 0 amide bonds. The molecule has 3 rings (SSSR count). The number of hydrogen-bond donors (Lipinski definition) is 1. The van der Waals surface area contributed by atoms with E-state index in [0.29, 0.717) is 5.95 Å². The van der Waals surface area contributed by atoms with E-state index in [1.54, 1.807) is 18.3 Å². The molecule has 0 atom stereocenters. The second-order valence-corrected chi connectivity index (χ2v) is 4.69. The molecule has 21 heavy (non-hydrogen) atoms.